The summed E-state index contributed by atoms with van der Waals surface area (Å²) in [7, 11) is -1.94. The lowest BCUT2D eigenvalue weighted by atomic mass is 10.0. The van der Waals surface area contributed by atoms with Gasteiger partial charge in [-0.15, -0.1) is 0 Å². The molecular weight excluding hydrogens is 446 g/mol. The molecular formula is C22H25N5O3S2. The zero-order valence-electron chi connectivity index (χ0n) is 18.0. The number of nitrogens with zero attached hydrogens (tertiary/aromatic N) is 3. The van der Waals surface area contributed by atoms with Crippen molar-refractivity contribution in [3.8, 4) is 5.75 Å². The van der Waals surface area contributed by atoms with Crippen molar-refractivity contribution in [2.75, 3.05) is 23.0 Å². The highest BCUT2D eigenvalue weighted by Gasteiger charge is 2.42. The van der Waals surface area contributed by atoms with E-state index in [9.17, 15) is 8.42 Å². The lowest BCUT2D eigenvalue weighted by molar-refractivity contribution is 0.417. The van der Waals surface area contributed by atoms with Crippen LogP contribution in [-0.2, 0) is 16.6 Å². The highest BCUT2D eigenvalue weighted by atomic mass is 32.2. The Morgan fingerprint density at radius 2 is 2.03 bits per heavy atom. The summed E-state index contributed by atoms with van der Waals surface area (Å²) in [6, 6.07) is 14.9. The molecule has 3 heterocycles. The van der Waals surface area contributed by atoms with Gasteiger partial charge in [-0.3, -0.25) is 9.71 Å². The largest absolute Gasteiger partial charge is 0.494 e. The van der Waals surface area contributed by atoms with Crippen molar-refractivity contribution >= 4 is 38.7 Å². The summed E-state index contributed by atoms with van der Waals surface area (Å²) in [6.07, 6.45) is 4.92. The maximum absolute atomic E-state index is 11.7. The molecule has 4 rings (SSSR count). The molecule has 10 heteroatoms. The molecule has 1 saturated heterocycles. The van der Waals surface area contributed by atoms with Gasteiger partial charge in [0.2, 0.25) is 10.0 Å². The number of anilines is 2. The molecule has 0 radical (unpaired) electrons. The minimum Gasteiger partial charge on any atom is -0.494 e. The first-order valence-electron chi connectivity index (χ1n) is 10.1. The molecule has 1 aliphatic heterocycles. The van der Waals surface area contributed by atoms with Gasteiger partial charge in [-0.05, 0) is 55.5 Å². The van der Waals surface area contributed by atoms with Crippen LogP contribution in [0.1, 0.15) is 30.4 Å². The third-order valence-corrected chi connectivity index (χ3v) is 6.27. The van der Waals surface area contributed by atoms with Crippen molar-refractivity contribution in [3.63, 3.8) is 0 Å². The Morgan fingerprint density at radius 1 is 1.22 bits per heavy atom. The van der Waals surface area contributed by atoms with Crippen molar-refractivity contribution in [1.29, 1.82) is 0 Å². The quantitative estimate of drug-likeness (QED) is 0.510. The maximum Gasteiger partial charge on any atom is 0.229 e. The molecule has 0 spiro atoms. The summed E-state index contributed by atoms with van der Waals surface area (Å²) in [5, 5.41) is 3.98. The van der Waals surface area contributed by atoms with Gasteiger partial charge in [0.1, 0.15) is 11.8 Å². The Hall–Kier alpha value is -3.11. The summed E-state index contributed by atoms with van der Waals surface area (Å²) < 4.78 is 33.6. The Balaban J connectivity index is 1.82. The van der Waals surface area contributed by atoms with Crippen molar-refractivity contribution in [2.45, 2.75) is 25.6 Å². The van der Waals surface area contributed by atoms with Crippen LogP contribution in [0.3, 0.4) is 0 Å². The molecule has 0 bridgehead atoms. The number of aryl methyl sites for hydroxylation is 1. The number of ether oxygens (including phenoxy) is 1. The lowest BCUT2D eigenvalue weighted by Crippen LogP contribution is -2.30. The van der Waals surface area contributed by atoms with Crippen LogP contribution in [0.15, 0.2) is 60.9 Å². The van der Waals surface area contributed by atoms with E-state index in [2.05, 4.69) is 32.6 Å². The lowest BCUT2D eigenvalue weighted by Gasteiger charge is -2.29. The fourth-order valence-corrected chi connectivity index (χ4v) is 4.95. The van der Waals surface area contributed by atoms with Crippen molar-refractivity contribution in [1.82, 2.24) is 14.9 Å². The number of hydrogen-bond donors (Lipinski definition) is 2. The van der Waals surface area contributed by atoms with Gasteiger partial charge in [-0.25, -0.2) is 8.42 Å². The van der Waals surface area contributed by atoms with E-state index in [1.165, 1.54) is 7.11 Å². The number of aromatic nitrogens is 2. The third kappa shape index (κ3) is 4.28. The smallest absolute Gasteiger partial charge is 0.229 e. The molecule has 0 saturated carbocycles. The molecule has 1 fully saturated rings. The van der Waals surface area contributed by atoms with Gasteiger partial charge < -0.3 is 19.5 Å². The molecule has 2 atom stereocenters. The normalized spacial score (nSPS) is 18.5. The number of hydrogen-bond acceptors (Lipinski definition) is 5. The zero-order valence-corrected chi connectivity index (χ0v) is 19.7. The Labute approximate surface area is 193 Å². The molecule has 8 nitrogen and oxygen atoms in total. The average Bonchev–Trinajstić information content (AvgIpc) is 3.37. The number of benzene rings is 1. The van der Waals surface area contributed by atoms with Gasteiger partial charge in [0.15, 0.2) is 5.11 Å². The second kappa shape index (κ2) is 8.79. The maximum atomic E-state index is 11.7. The third-order valence-electron chi connectivity index (χ3n) is 5.37. The summed E-state index contributed by atoms with van der Waals surface area (Å²) in [4.78, 5) is 6.60. The standard InChI is InChI=1S/C22H25N5O3S2/c1-4-26-13-7-9-18(26)21-20(17-8-5-6-12-23-17)24-22(31)27(21)15-10-11-16(19(14-15)30-2)25-32(3,28)29/h5-14,20-21,25H,4H2,1-3H3,(H,24,31)/t20-,21-/m1/s1. The van der Waals surface area contributed by atoms with E-state index in [-0.39, 0.29) is 12.1 Å². The van der Waals surface area contributed by atoms with Gasteiger partial charge in [0.25, 0.3) is 0 Å². The molecule has 1 aromatic carbocycles. The number of thiocarbonyl (C=S) groups is 1. The predicted molar refractivity (Wildman–Crippen MR) is 129 cm³/mol. The second-order valence-electron chi connectivity index (χ2n) is 7.47. The van der Waals surface area contributed by atoms with E-state index in [1.807, 2.05) is 41.4 Å². The van der Waals surface area contributed by atoms with E-state index in [1.54, 1.807) is 18.3 Å². The topological polar surface area (TPSA) is 88.5 Å². The number of methoxy groups -OCH3 is 1. The molecule has 0 amide bonds. The average molecular weight is 472 g/mol. The molecule has 32 heavy (non-hydrogen) atoms. The SMILES string of the molecule is CCn1cccc1[C@@H]1[C@@H](c2ccccn2)NC(=S)N1c1ccc(NS(C)(=O)=O)c(OC)c1. The van der Waals surface area contributed by atoms with Gasteiger partial charge >= 0.3 is 0 Å². The monoisotopic (exact) mass is 471 g/mol. The van der Waals surface area contributed by atoms with E-state index in [0.717, 1.165) is 29.9 Å². The summed E-state index contributed by atoms with van der Waals surface area (Å²) in [6.45, 7) is 2.91. The highest BCUT2D eigenvalue weighted by Crippen LogP contribution is 2.43. The molecule has 1 aliphatic rings. The van der Waals surface area contributed by atoms with Crippen LogP contribution in [0.2, 0.25) is 0 Å². The van der Waals surface area contributed by atoms with E-state index < -0.39 is 10.0 Å². The van der Waals surface area contributed by atoms with Gasteiger partial charge in [-0.1, -0.05) is 6.07 Å². The minimum atomic E-state index is -3.45. The van der Waals surface area contributed by atoms with Crippen LogP contribution in [0.4, 0.5) is 11.4 Å². The Kier molecular flexibility index (Phi) is 6.07. The number of sulfonamides is 1. The van der Waals surface area contributed by atoms with Crippen LogP contribution in [0.5, 0.6) is 5.75 Å². The molecule has 168 valence electrons. The zero-order chi connectivity index (χ0) is 22.9. The fraction of sp³-hybridized carbons (Fsp3) is 0.273. The molecule has 3 aromatic rings. The summed E-state index contributed by atoms with van der Waals surface area (Å²) >= 11 is 5.76. The van der Waals surface area contributed by atoms with E-state index in [4.69, 9.17) is 17.0 Å². The van der Waals surface area contributed by atoms with Crippen molar-refractivity contribution < 1.29 is 13.2 Å². The first-order chi connectivity index (χ1) is 15.3. The van der Waals surface area contributed by atoms with Crippen molar-refractivity contribution in [2.24, 2.45) is 0 Å². The Morgan fingerprint density at radius 3 is 2.69 bits per heavy atom. The van der Waals surface area contributed by atoms with Gasteiger partial charge in [0, 0.05) is 36.4 Å². The van der Waals surface area contributed by atoms with E-state index >= 15 is 0 Å². The Bertz CT molecular complexity index is 1230. The predicted octanol–water partition coefficient (Wildman–Crippen LogP) is 3.46. The van der Waals surface area contributed by atoms with Crippen LogP contribution in [0.25, 0.3) is 0 Å². The van der Waals surface area contributed by atoms with Gasteiger partial charge in [-0.2, -0.15) is 0 Å². The molecule has 2 N–H and O–H groups in total. The summed E-state index contributed by atoms with van der Waals surface area (Å²) in [5.74, 6) is 0.404. The number of nitrogens with one attached hydrogen (secondary N) is 2. The van der Waals surface area contributed by atoms with E-state index in [0.29, 0.717) is 16.5 Å². The van der Waals surface area contributed by atoms with Crippen molar-refractivity contribution in [3.05, 3.63) is 72.3 Å². The molecule has 2 aromatic heterocycles. The second-order valence-corrected chi connectivity index (χ2v) is 9.61. The van der Waals surface area contributed by atoms with Gasteiger partial charge in [0.05, 0.1) is 30.8 Å². The minimum absolute atomic E-state index is 0.161. The van der Waals surface area contributed by atoms with Crippen LogP contribution < -0.4 is 19.7 Å². The number of rotatable bonds is 7. The fourth-order valence-electron chi connectivity index (χ4n) is 4.03. The molecule has 0 aliphatic carbocycles. The van der Waals surface area contributed by atoms with Crippen LogP contribution in [0, 0.1) is 0 Å². The number of pyridine rings is 1. The van der Waals surface area contributed by atoms with Crippen LogP contribution >= 0.6 is 12.2 Å². The highest BCUT2D eigenvalue weighted by molar-refractivity contribution is 7.92. The molecule has 0 unspecified atom stereocenters. The first kappa shape index (κ1) is 22.1. The first-order valence-corrected chi connectivity index (χ1v) is 12.4. The summed E-state index contributed by atoms with van der Waals surface area (Å²) in [5.41, 5.74) is 3.12. The van der Waals surface area contributed by atoms with Crippen LogP contribution in [-0.4, -0.2) is 36.4 Å².